The number of nitrogens with zero attached hydrogens (tertiary/aromatic N) is 1. The van der Waals surface area contributed by atoms with Crippen LogP contribution in [0.5, 0.6) is 0 Å². The molecule has 0 bridgehead atoms. The molecule has 1 unspecified atom stereocenters. The third-order valence-corrected chi connectivity index (χ3v) is 5.12. The summed E-state index contributed by atoms with van der Waals surface area (Å²) in [5.41, 5.74) is 2.34. The molecular formula is C19H28ClN3O2. The van der Waals surface area contributed by atoms with Gasteiger partial charge >= 0.3 is 0 Å². The van der Waals surface area contributed by atoms with Gasteiger partial charge in [-0.1, -0.05) is 29.8 Å². The Morgan fingerprint density at radius 2 is 1.84 bits per heavy atom. The van der Waals surface area contributed by atoms with Gasteiger partial charge in [-0.05, 0) is 44.7 Å². The van der Waals surface area contributed by atoms with Gasteiger partial charge in [0.1, 0.15) is 0 Å². The maximum Gasteiger partial charge on any atom is 0.239 e. The van der Waals surface area contributed by atoms with Gasteiger partial charge in [-0.2, -0.15) is 0 Å². The van der Waals surface area contributed by atoms with Crippen molar-refractivity contribution in [3.63, 3.8) is 0 Å². The van der Waals surface area contributed by atoms with Crippen LogP contribution < -0.4 is 10.6 Å². The van der Waals surface area contributed by atoms with Crippen LogP contribution in [0, 0.1) is 12.8 Å². The van der Waals surface area contributed by atoms with Gasteiger partial charge in [0, 0.05) is 25.6 Å². The van der Waals surface area contributed by atoms with Crippen LogP contribution >= 0.6 is 12.4 Å². The van der Waals surface area contributed by atoms with Crippen molar-refractivity contribution in [1.82, 2.24) is 15.5 Å². The number of carbonyl (C=O) groups excluding carboxylic acids is 2. The van der Waals surface area contributed by atoms with Crippen LogP contribution in [0.25, 0.3) is 0 Å². The smallest absolute Gasteiger partial charge is 0.239 e. The molecule has 1 aromatic rings. The van der Waals surface area contributed by atoms with E-state index in [0.717, 1.165) is 37.8 Å². The van der Waals surface area contributed by atoms with Crippen LogP contribution in [0.4, 0.5) is 0 Å². The van der Waals surface area contributed by atoms with Crippen molar-refractivity contribution in [2.75, 3.05) is 19.6 Å². The van der Waals surface area contributed by atoms with Crippen molar-refractivity contribution >= 4 is 24.2 Å². The number of aryl methyl sites for hydroxylation is 1. The number of carbonyl (C=O) groups is 2. The monoisotopic (exact) mass is 365 g/mol. The second-order valence-corrected chi connectivity index (χ2v) is 6.95. The number of nitrogens with one attached hydrogen (secondary N) is 2. The summed E-state index contributed by atoms with van der Waals surface area (Å²) >= 11 is 0. The number of likely N-dealkylation sites (tertiary alicyclic amines) is 1. The fraction of sp³-hybridized carbons (Fsp3) is 0.579. The third-order valence-electron chi connectivity index (χ3n) is 5.12. The second kappa shape index (κ2) is 9.20. The molecule has 2 amide bonds. The van der Waals surface area contributed by atoms with Crippen LogP contribution in [0.15, 0.2) is 24.3 Å². The molecule has 2 fully saturated rings. The summed E-state index contributed by atoms with van der Waals surface area (Å²) in [6.07, 6.45) is 3.54. The van der Waals surface area contributed by atoms with Gasteiger partial charge in [0.25, 0.3) is 0 Å². The van der Waals surface area contributed by atoms with Crippen LogP contribution in [-0.4, -0.2) is 42.4 Å². The number of piperidine rings is 1. The molecule has 2 N–H and O–H groups in total. The highest BCUT2D eigenvalue weighted by molar-refractivity contribution is 5.85. The number of halogens is 1. The summed E-state index contributed by atoms with van der Waals surface area (Å²) in [6.45, 7) is 4.95. The van der Waals surface area contributed by atoms with Crippen LogP contribution in [0.3, 0.4) is 0 Å². The molecule has 0 aliphatic carbocycles. The number of benzene rings is 1. The summed E-state index contributed by atoms with van der Waals surface area (Å²) in [5, 5.41) is 6.29. The predicted octanol–water partition coefficient (Wildman–Crippen LogP) is 2.02. The first kappa shape index (κ1) is 19.7. The van der Waals surface area contributed by atoms with Gasteiger partial charge in [0.2, 0.25) is 11.8 Å². The zero-order chi connectivity index (χ0) is 16.9. The van der Waals surface area contributed by atoms with E-state index >= 15 is 0 Å². The largest absolute Gasteiger partial charge is 0.352 e. The molecule has 25 heavy (non-hydrogen) atoms. The van der Waals surface area contributed by atoms with E-state index in [9.17, 15) is 9.59 Å². The summed E-state index contributed by atoms with van der Waals surface area (Å²) in [6, 6.07) is 8.21. The van der Waals surface area contributed by atoms with Crippen molar-refractivity contribution < 1.29 is 9.59 Å². The SMILES string of the molecule is Cc1ccc(CNC(=O)C2CCN(C(=O)C3CCCN3)CC2)cc1.Cl. The Morgan fingerprint density at radius 1 is 1.16 bits per heavy atom. The average molecular weight is 366 g/mol. The standard InChI is InChI=1S/C19H27N3O2.ClH/c1-14-4-6-15(7-5-14)13-21-18(23)16-8-11-22(12-9-16)19(24)17-3-2-10-20-17;/h4-7,16-17,20H,2-3,8-13H2,1H3,(H,21,23);1H. The molecule has 2 saturated heterocycles. The first-order valence-corrected chi connectivity index (χ1v) is 8.99. The molecular weight excluding hydrogens is 338 g/mol. The molecule has 2 heterocycles. The van der Waals surface area contributed by atoms with Crippen molar-refractivity contribution in [2.45, 2.75) is 45.2 Å². The molecule has 1 atom stereocenters. The molecule has 138 valence electrons. The zero-order valence-electron chi connectivity index (χ0n) is 14.8. The van der Waals surface area contributed by atoms with Gasteiger partial charge in [0.05, 0.1) is 6.04 Å². The van der Waals surface area contributed by atoms with Crippen molar-refractivity contribution in [2.24, 2.45) is 5.92 Å². The normalized spacial score (nSPS) is 20.8. The van der Waals surface area contributed by atoms with E-state index < -0.39 is 0 Å². The Balaban J connectivity index is 0.00000225. The Bertz CT molecular complexity index is 577. The quantitative estimate of drug-likeness (QED) is 0.858. The second-order valence-electron chi connectivity index (χ2n) is 6.95. The highest BCUT2D eigenvalue weighted by Crippen LogP contribution is 2.20. The molecule has 2 aliphatic heterocycles. The van der Waals surface area contributed by atoms with Crippen molar-refractivity contribution in [3.8, 4) is 0 Å². The molecule has 0 saturated carbocycles. The predicted molar refractivity (Wildman–Crippen MR) is 101 cm³/mol. The van der Waals surface area contributed by atoms with Gasteiger partial charge in [-0.25, -0.2) is 0 Å². The minimum absolute atomic E-state index is 0. The fourth-order valence-electron chi connectivity index (χ4n) is 3.52. The van der Waals surface area contributed by atoms with Crippen molar-refractivity contribution in [1.29, 1.82) is 0 Å². The van der Waals surface area contributed by atoms with Crippen LogP contribution in [-0.2, 0) is 16.1 Å². The fourth-order valence-corrected chi connectivity index (χ4v) is 3.52. The number of amides is 2. The summed E-state index contributed by atoms with van der Waals surface area (Å²) in [4.78, 5) is 26.6. The maximum atomic E-state index is 12.4. The van der Waals surface area contributed by atoms with E-state index in [0.29, 0.717) is 19.6 Å². The maximum absolute atomic E-state index is 12.4. The zero-order valence-corrected chi connectivity index (χ0v) is 15.6. The summed E-state index contributed by atoms with van der Waals surface area (Å²) < 4.78 is 0. The minimum Gasteiger partial charge on any atom is -0.352 e. The Labute approximate surface area is 155 Å². The van der Waals surface area contributed by atoms with Gasteiger partial charge in [-0.3, -0.25) is 9.59 Å². The minimum atomic E-state index is -0.00286. The van der Waals surface area contributed by atoms with Crippen LogP contribution in [0.2, 0.25) is 0 Å². The highest BCUT2D eigenvalue weighted by atomic mass is 35.5. The molecule has 0 aromatic heterocycles. The van der Waals surface area contributed by atoms with Gasteiger partial charge in [0.15, 0.2) is 0 Å². The molecule has 0 radical (unpaired) electrons. The third kappa shape index (κ3) is 5.19. The number of rotatable bonds is 4. The Hall–Kier alpha value is -1.59. The lowest BCUT2D eigenvalue weighted by atomic mass is 9.95. The molecule has 3 rings (SSSR count). The molecule has 6 heteroatoms. The topological polar surface area (TPSA) is 61.4 Å². The Morgan fingerprint density at radius 3 is 2.44 bits per heavy atom. The van der Waals surface area contributed by atoms with E-state index in [-0.39, 0.29) is 36.2 Å². The Kier molecular flexibility index (Phi) is 7.26. The van der Waals surface area contributed by atoms with Crippen LogP contribution in [0.1, 0.15) is 36.8 Å². The lowest BCUT2D eigenvalue weighted by molar-refractivity contribution is -0.137. The van der Waals surface area contributed by atoms with E-state index in [1.165, 1.54) is 5.56 Å². The molecule has 5 nitrogen and oxygen atoms in total. The highest BCUT2D eigenvalue weighted by Gasteiger charge is 2.31. The lowest BCUT2D eigenvalue weighted by Gasteiger charge is -2.33. The van der Waals surface area contributed by atoms with Gasteiger partial charge in [-0.15, -0.1) is 12.4 Å². The average Bonchev–Trinajstić information content (AvgIpc) is 3.15. The lowest BCUT2D eigenvalue weighted by Crippen LogP contribution is -2.48. The first-order valence-electron chi connectivity index (χ1n) is 8.99. The van der Waals surface area contributed by atoms with E-state index in [4.69, 9.17) is 0 Å². The van der Waals surface area contributed by atoms with Gasteiger partial charge < -0.3 is 15.5 Å². The van der Waals surface area contributed by atoms with E-state index in [1.54, 1.807) is 0 Å². The molecule has 2 aliphatic rings. The van der Waals surface area contributed by atoms with E-state index in [1.807, 2.05) is 17.0 Å². The number of hydrogen-bond acceptors (Lipinski definition) is 3. The van der Waals surface area contributed by atoms with E-state index in [2.05, 4.69) is 29.7 Å². The summed E-state index contributed by atoms with van der Waals surface area (Å²) in [5.74, 6) is 0.351. The van der Waals surface area contributed by atoms with Crippen molar-refractivity contribution in [3.05, 3.63) is 35.4 Å². The summed E-state index contributed by atoms with van der Waals surface area (Å²) in [7, 11) is 0. The molecule has 0 spiro atoms. The molecule has 1 aromatic carbocycles. The number of hydrogen-bond donors (Lipinski definition) is 2. The first-order chi connectivity index (χ1) is 11.6.